The van der Waals surface area contributed by atoms with Gasteiger partial charge in [-0.05, 0) is 24.1 Å². The number of nitrogens with two attached hydrogens (primary N) is 1. The molecule has 3 aromatic rings. The van der Waals surface area contributed by atoms with E-state index < -0.39 is 0 Å². The molecule has 7 heteroatoms. The van der Waals surface area contributed by atoms with E-state index in [1.54, 1.807) is 28.1 Å². The Bertz CT molecular complexity index is 755. The highest BCUT2D eigenvalue weighted by Gasteiger charge is 1.99. The number of hydrogen-bond donors (Lipinski definition) is 1. The summed E-state index contributed by atoms with van der Waals surface area (Å²) in [5.74, 6) is 0.377. The van der Waals surface area contributed by atoms with Gasteiger partial charge in [-0.15, -0.1) is 0 Å². The zero-order valence-corrected chi connectivity index (χ0v) is 11.6. The highest BCUT2D eigenvalue weighted by Crippen LogP contribution is 2.07. The highest BCUT2D eigenvalue weighted by atomic mass is 15.4. The van der Waals surface area contributed by atoms with Crippen molar-refractivity contribution in [1.29, 1.82) is 0 Å². The molecule has 1 aromatic carbocycles. The van der Waals surface area contributed by atoms with Crippen molar-refractivity contribution in [2.75, 3.05) is 5.73 Å². The van der Waals surface area contributed by atoms with E-state index in [0.717, 1.165) is 16.8 Å². The second kappa shape index (κ2) is 5.58. The van der Waals surface area contributed by atoms with Crippen LogP contribution in [-0.2, 0) is 6.54 Å². The summed E-state index contributed by atoms with van der Waals surface area (Å²) in [7, 11) is 0. The van der Waals surface area contributed by atoms with Crippen molar-refractivity contribution in [3.8, 4) is 0 Å². The van der Waals surface area contributed by atoms with Crippen molar-refractivity contribution >= 4 is 12.2 Å². The lowest BCUT2D eigenvalue weighted by molar-refractivity contribution is 0.685. The number of aryl methyl sites for hydroxylation is 1. The Balaban J connectivity index is 1.78. The lowest BCUT2D eigenvalue weighted by Crippen LogP contribution is -2.01. The standard InChI is InChI=1S/C14H15N7/c1-11-7-21(14(15)19-11)17-6-12-3-2-4-13(5-12)8-20-10-16-9-18-20/h2-7,9-10H,8H2,1H3,(H2,15,19). The summed E-state index contributed by atoms with van der Waals surface area (Å²) in [5.41, 5.74) is 8.69. The van der Waals surface area contributed by atoms with Crippen molar-refractivity contribution in [2.24, 2.45) is 5.10 Å². The predicted octanol–water partition coefficient (Wildman–Crippen LogP) is 1.30. The molecular formula is C14H15N7. The summed E-state index contributed by atoms with van der Waals surface area (Å²) in [6.07, 6.45) is 6.75. The minimum Gasteiger partial charge on any atom is -0.368 e. The Morgan fingerprint density at radius 3 is 3.00 bits per heavy atom. The van der Waals surface area contributed by atoms with Crippen molar-refractivity contribution in [2.45, 2.75) is 13.5 Å². The molecule has 0 radical (unpaired) electrons. The fraction of sp³-hybridized carbons (Fsp3) is 0.143. The van der Waals surface area contributed by atoms with Crippen molar-refractivity contribution < 1.29 is 0 Å². The maximum Gasteiger partial charge on any atom is 0.221 e. The van der Waals surface area contributed by atoms with Gasteiger partial charge in [0.05, 0.1) is 24.7 Å². The first-order valence-electron chi connectivity index (χ1n) is 6.48. The summed E-state index contributed by atoms with van der Waals surface area (Å²) >= 11 is 0. The molecule has 7 nitrogen and oxygen atoms in total. The van der Waals surface area contributed by atoms with Crippen LogP contribution in [0.5, 0.6) is 0 Å². The zero-order chi connectivity index (χ0) is 14.7. The third-order valence-electron chi connectivity index (χ3n) is 2.93. The van der Waals surface area contributed by atoms with Gasteiger partial charge in [0.15, 0.2) is 0 Å². The predicted molar refractivity (Wildman–Crippen MR) is 79.9 cm³/mol. The van der Waals surface area contributed by atoms with Crippen LogP contribution in [0, 0.1) is 6.92 Å². The van der Waals surface area contributed by atoms with Crippen LogP contribution in [0.2, 0.25) is 0 Å². The van der Waals surface area contributed by atoms with E-state index in [9.17, 15) is 0 Å². The number of rotatable bonds is 4. The molecule has 0 aliphatic heterocycles. The van der Waals surface area contributed by atoms with E-state index in [1.165, 1.54) is 6.33 Å². The van der Waals surface area contributed by atoms with Gasteiger partial charge in [0.25, 0.3) is 0 Å². The first-order chi connectivity index (χ1) is 10.2. The highest BCUT2D eigenvalue weighted by molar-refractivity contribution is 5.79. The molecule has 0 unspecified atom stereocenters. The Hall–Kier alpha value is -2.96. The normalized spacial score (nSPS) is 11.3. The Labute approximate surface area is 121 Å². The Morgan fingerprint density at radius 1 is 1.38 bits per heavy atom. The van der Waals surface area contributed by atoms with Crippen LogP contribution in [0.25, 0.3) is 0 Å². The van der Waals surface area contributed by atoms with Gasteiger partial charge < -0.3 is 5.73 Å². The van der Waals surface area contributed by atoms with E-state index >= 15 is 0 Å². The van der Waals surface area contributed by atoms with Crippen LogP contribution < -0.4 is 5.73 Å². The van der Waals surface area contributed by atoms with Crippen LogP contribution >= 0.6 is 0 Å². The van der Waals surface area contributed by atoms with Crippen LogP contribution in [-0.4, -0.2) is 30.6 Å². The van der Waals surface area contributed by atoms with Crippen LogP contribution in [0.15, 0.2) is 48.2 Å². The fourth-order valence-corrected chi connectivity index (χ4v) is 2.00. The smallest absolute Gasteiger partial charge is 0.221 e. The second-order valence-corrected chi connectivity index (χ2v) is 4.67. The number of hydrogen-bond acceptors (Lipinski definition) is 5. The van der Waals surface area contributed by atoms with Crippen molar-refractivity contribution in [1.82, 2.24) is 24.4 Å². The molecule has 106 valence electrons. The summed E-state index contributed by atoms with van der Waals surface area (Å²) in [6, 6.07) is 8.05. The van der Waals surface area contributed by atoms with E-state index in [4.69, 9.17) is 5.73 Å². The maximum atomic E-state index is 5.75. The Kier molecular flexibility index (Phi) is 3.46. The van der Waals surface area contributed by atoms with E-state index in [1.807, 2.05) is 31.2 Å². The SMILES string of the molecule is Cc1cn(N=Cc2cccc(Cn3cncn3)c2)c(N)n1. The molecule has 0 fully saturated rings. The number of nitrogen functional groups attached to an aromatic ring is 1. The van der Waals surface area contributed by atoms with Crippen LogP contribution in [0.3, 0.4) is 0 Å². The van der Waals surface area contributed by atoms with Gasteiger partial charge in [-0.1, -0.05) is 18.2 Å². The van der Waals surface area contributed by atoms with Crippen LogP contribution in [0.1, 0.15) is 16.8 Å². The lowest BCUT2D eigenvalue weighted by Gasteiger charge is -2.02. The molecule has 2 heterocycles. The van der Waals surface area contributed by atoms with Gasteiger partial charge in [0.2, 0.25) is 5.95 Å². The second-order valence-electron chi connectivity index (χ2n) is 4.67. The average molecular weight is 281 g/mol. The van der Waals surface area contributed by atoms with E-state index in [2.05, 4.69) is 20.2 Å². The van der Waals surface area contributed by atoms with Gasteiger partial charge in [-0.3, -0.25) is 0 Å². The third kappa shape index (κ3) is 3.14. The zero-order valence-electron chi connectivity index (χ0n) is 11.6. The molecule has 0 saturated heterocycles. The first-order valence-corrected chi connectivity index (χ1v) is 6.48. The Morgan fingerprint density at radius 2 is 2.29 bits per heavy atom. The minimum atomic E-state index is 0.377. The monoisotopic (exact) mass is 281 g/mol. The molecule has 0 aliphatic carbocycles. The quantitative estimate of drug-likeness (QED) is 0.730. The minimum absolute atomic E-state index is 0.377. The molecule has 2 aromatic heterocycles. The summed E-state index contributed by atoms with van der Waals surface area (Å²) in [5, 5.41) is 8.40. The molecule has 0 aliphatic rings. The van der Waals surface area contributed by atoms with Gasteiger partial charge in [-0.2, -0.15) is 10.2 Å². The fourth-order valence-electron chi connectivity index (χ4n) is 2.00. The molecule has 0 atom stereocenters. The molecular weight excluding hydrogens is 266 g/mol. The average Bonchev–Trinajstić information content (AvgIpc) is 3.07. The molecule has 0 bridgehead atoms. The summed E-state index contributed by atoms with van der Waals surface area (Å²) in [4.78, 5) is 8.03. The van der Waals surface area contributed by atoms with Gasteiger partial charge in [0.1, 0.15) is 12.7 Å². The number of anilines is 1. The molecule has 2 N–H and O–H groups in total. The van der Waals surface area contributed by atoms with Gasteiger partial charge in [-0.25, -0.2) is 19.3 Å². The topological polar surface area (TPSA) is 86.9 Å². The lowest BCUT2D eigenvalue weighted by atomic mass is 10.1. The van der Waals surface area contributed by atoms with Gasteiger partial charge >= 0.3 is 0 Å². The number of imidazole rings is 1. The summed E-state index contributed by atoms with van der Waals surface area (Å²) < 4.78 is 3.33. The van der Waals surface area contributed by atoms with Crippen LogP contribution in [0.4, 0.5) is 5.95 Å². The largest absolute Gasteiger partial charge is 0.368 e. The number of aromatic nitrogens is 5. The van der Waals surface area contributed by atoms with E-state index in [-0.39, 0.29) is 0 Å². The number of benzene rings is 1. The van der Waals surface area contributed by atoms with Gasteiger partial charge in [0, 0.05) is 0 Å². The van der Waals surface area contributed by atoms with Crippen molar-refractivity contribution in [3.05, 3.63) is 59.9 Å². The maximum absolute atomic E-state index is 5.75. The molecule has 0 saturated carbocycles. The summed E-state index contributed by atoms with van der Waals surface area (Å²) in [6.45, 7) is 2.55. The first kappa shape index (κ1) is 13.0. The molecule has 3 rings (SSSR count). The third-order valence-corrected chi connectivity index (χ3v) is 2.93. The molecule has 0 amide bonds. The molecule has 0 spiro atoms. The van der Waals surface area contributed by atoms with Crippen molar-refractivity contribution in [3.63, 3.8) is 0 Å². The molecule has 21 heavy (non-hydrogen) atoms. The van der Waals surface area contributed by atoms with E-state index in [0.29, 0.717) is 12.5 Å². The number of nitrogens with zero attached hydrogens (tertiary/aromatic N) is 6.